The minimum Gasteiger partial charge on any atom is -0.491 e. The number of benzene rings is 1. The van der Waals surface area contributed by atoms with Gasteiger partial charge in [-0.1, -0.05) is 12.1 Å². The number of aromatic nitrogens is 3. The Bertz CT molecular complexity index is 1070. The lowest BCUT2D eigenvalue weighted by molar-refractivity contribution is -0.274. The van der Waals surface area contributed by atoms with Crippen molar-refractivity contribution < 1.29 is 27.4 Å². The number of pyridine rings is 1. The number of nitrogens with one attached hydrogen (secondary N) is 1. The number of hydrogen-bond acceptors (Lipinski definition) is 5. The number of ether oxygens (including phenoxy) is 2. The molecule has 0 saturated heterocycles. The van der Waals surface area contributed by atoms with Crippen molar-refractivity contribution in [2.24, 2.45) is 7.05 Å². The van der Waals surface area contributed by atoms with E-state index in [1.807, 2.05) is 0 Å². The van der Waals surface area contributed by atoms with Crippen molar-refractivity contribution in [2.75, 3.05) is 6.61 Å². The van der Waals surface area contributed by atoms with E-state index in [1.165, 1.54) is 28.9 Å². The highest BCUT2D eigenvalue weighted by molar-refractivity contribution is 5.93. The molecule has 1 amide bonds. The van der Waals surface area contributed by atoms with Gasteiger partial charge in [-0.05, 0) is 35.9 Å². The summed E-state index contributed by atoms with van der Waals surface area (Å²) in [5, 5.41) is 7.10. The fraction of sp³-hybridized carbons (Fsp3) is 0.250. The molecule has 0 bridgehead atoms. The monoisotopic (exact) mass is 418 g/mol. The Labute approximate surface area is 169 Å². The van der Waals surface area contributed by atoms with Crippen LogP contribution in [0.25, 0.3) is 0 Å². The molecule has 156 valence electrons. The zero-order valence-electron chi connectivity index (χ0n) is 15.8. The topological polar surface area (TPSA) is 78.3 Å². The number of rotatable bonds is 4. The Morgan fingerprint density at radius 2 is 2.00 bits per heavy atom. The Hall–Kier alpha value is -3.56. The number of fused-ring (bicyclic) bond motifs is 1. The van der Waals surface area contributed by atoms with Gasteiger partial charge in [-0.15, -0.1) is 13.2 Å². The largest absolute Gasteiger partial charge is 0.573 e. The van der Waals surface area contributed by atoms with E-state index in [1.54, 1.807) is 37.6 Å². The van der Waals surface area contributed by atoms with E-state index in [0.29, 0.717) is 23.4 Å². The molecule has 1 aromatic carbocycles. The number of carbonyl (C=O) groups is 1. The van der Waals surface area contributed by atoms with Gasteiger partial charge in [0.15, 0.2) is 0 Å². The molecule has 30 heavy (non-hydrogen) atoms. The standard InChI is InChI=1S/C20H17F3N4O3/c1-27-11-8-15(26-27)18(28)25-19(9-12-29-16-3-2-10-24-17(16)19)13-4-6-14(7-5-13)30-20(21,22)23/h2-8,10-11H,9,12H2,1H3,(H,25,28)/t19-/m0/s1. The average molecular weight is 418 g/mol. The molecule has 0 unspecified atom stereocenters. The van der Waals surface area contributed by atoms with Gasteiger partial charge in [-0.3, -0.25) is 14.5 Å². The maximum atomic E-state index is 12.9. The molecule has 4 rings (SSSR count). The number of alkyl halides is 3. The van der Waals surface area contributed by atoms with Crippen LogP contribution < -0.4 is 14.8 Å². The molecule has 1 aliphatic rings. The molecule has 1 atom stereocenters. The van der Waals surface area contributed by atoms with Crippen LogP contribution in [0.15, 0.2) is 54.9 Å². The molecule has 0 fully saturated rings. The molecule has 1 N–H and O–H groups in total. The highest BCUT2D eigenvalue weighted by Crippen LogP contribution is 2.41. The first-order valence-corrected chi connectivity index (χ1v) is 9.04. The Kier molecular flexibility index (Phi) is 4.84. The lowest BCUT2D eigenvalue weighted by Gasteiger charge is -2.38. The van der Waals surface area contributed by atoms with Gasteiger partial charge < -0.3 is 14.8 Å². The van der Waals surface area contributed by atoms with E-state index in [2.05, 4.69) is 20.1 Å². The predicted octanol–water partition coefficient (Wildman–Crippen LogP) is 3.17. The number of nitrogens with zero attached hydrogens (tertiary/aromatic N) is 3. The third-order valence-electron chi connectivity index (χ3n) is 4.76. The highest BCUT2D eigenvalue weighted by Gasteiger charge is 2.43. The molecule has 0 saturated carbocycles. The summed E-state index contributed by atoms with van der Waals surface area (Å²) in [7, 11) is 1.69. The molecule has 3 aromatic rings. The summed E-state index contributed by atoms with van der Waals surface area (Å²) in [4.78, 5) is 17.3. The van der Waals surface area contributed by atoms with Crippen molar-refractivity contribution in [1.29, 1.82) is 0 Å². The highest BCUT2D eigenvalue weighted by atomic mass is 19.4. The SMILES string of the molecule is Cn1ccc(C(=O)N[C@]2(c3ccc(OC(F)(F)F)cc3)CCOc3cccnc32)n1. The molecule has 7 nitrogen and oxygen atoms in total. The number of amides is 1. The van der Waals surface area contributed by atoms with Crippen LogP contribution in [0.2, 0.25) is 0 Å². The van der Waals surface area contributed by atoms with Crippen LogP contribution in [-0.2, 0) is 12.6 Å². The van der Waals surface area contributed by atoms with Gasteiger partial charge in [0, 0.05) is 25.9 Å². The zero-order valence-corrected chi connectivity index (χ0v) is 15.8. The fourth-order valence-electron chi connectivity index (χ4n) is 3.47. The van der Waals surface area contributed by atoms with E-state index >= 15 is 0 Å². The first-order chi connectivity index (χ1) is 14.3. The van der Waals surface area contributed by atoms with E-state index < -0.39 is 17.8 Å². The molecule has 1 aliphatic heterocycles. The molecule has 3 heterocycles. The van der Waals surface area contributed by atoms with Crippen LogP contribution in [0.3, 0.4) is 0 Å². The Balaban J connectivity index is 1.76. The summed E-state index contributed by atoms with van der Waals surface area (Å²) in [6, 6.07) is 10.4. The summed E-state index contributed by atoms with van der Waals surface area (Å²) >= 11 is 0. The minimum atomic E-state index is -4.79. The number of halogens is 3. The first kappa shape index (κ1) is 19.7. The Morgan fingerprint density at radius 3 is 2.67 bits per heavy atom. The van der Waals surface area contributed by atoms with Crippen molar-refractivity contribution >= 4 is 5.91 Å². The summed E-state index contributed by atoms with van der Waals surface area (Å²) < 4.78 is 48.7. The zero-order chi connectivity index (χ0) is 21.4. The second kappa shape index (κ2) is 7.36. The maximum Gasteiger partial charge on any atom is 0.573 e. The van der Waals surface area contributed by atoms with Crippen molar-refractivity contribution in [3.05, 3.63) is 71.8 Å². The van der Waals surface area contributed by atoms with Crippen LogP contribution in [0.1, 0.15) is 28.2 Å². The average Bonchev–Trinajstić information content (AvgIpc) is 3.14. The quantitative estimate of drug-likeness (QED) is 0.704. The van der Waals surface area contributed by atoms with Crippen molar-refractivity contribution in [3.63, 3.8) is 0 Å². The molecule has 0 aliphatic carbocycles. The van der Waals surface area contributed by atoms with Crippen LogP contribution >= 0.6 is 0 Å². The third kappa shape index (κ3) is 3.80. The fourth-order valence-corrected chi connectivity index (χ4v) is 3.47. The van der Waals surface area contributed by atoms with Gasteiger partial charge in [-0.25, -0.2) is 0 Å². The van der Waals surface area contributed by atoms with Crippen molar-refractivity contribution in [3.8, 4) is 11.5 Å². The third-order valence-corrected chi connectivity index (χ3v) is 4.76. The van der Waals surface area contributed by atoms with Crippen LogP contribution in [-0.4, -0.2) is 33.6 Å². The molecule has 0 radical (unpaired) electrons. The van der Waals surface area contributed by atoms with E-state index in [4.69, 9.17) is 4.74 Å². The minimum absolute atomic E-state index is 0.206. The summed E-state index contributed by atoms with van der Waals surface area (Å²) in [5.74, 6) is -0.309. The smallest absolute Gasteiger partial charge is 0.491 e. The molecule has 2 aromatic heterocycles. The second-order valence-electron chi connectivity index (χ2n) is 6.75. The van der Waals surface area contributed by atoms with Crippen molar-refractivity contribution in [1.82, 2.24) is 20.1 Å². The number of hydrogen-bond donors (Lipinski definition) is 1. The lowest BCUT2D eigenvalue weighted by atomic mass is 9.81. The van der Waals surface area contributed by atoms with E-state index in [0.717, 1.165) is 0 Å². The summed E-state index contributed by atoms with van der Waals surface area (Å²) in [6.07, 6.45) is -1.26. The van der Waals surface area contributed by atoms with Crippen LogP contribution in [0, 0.1) is 0 Å². The van der Waals surface area contributed by atoms with Crippen LogP contribution in [0.5, 0.6) is 11.5 Å². The van der Waals surface area contributed by atoms with Gasteiger partial charge >= 0.3 is 6.36 Å². The van der Waals surface area contributed by atoms with E-state index in [9.17, 15) is 18.0 Å². The molecule has 0 spiro atoms. The van der Waals surface area contributed by atoms with Gasteiger partial charge in [0.2, 0.25) is 0 Å². The van der Waals surface area contributed by atoms with Gasteiger partial charge in [0.1, 0.15) is 28.4 Å². The normalized spacial score (nSPS) is 18.3. The summed E-state index contributed by atoms with van der Waals surface area (Å²) in [5.41, 5.74) is 0.104. The van der Waals surface area contributed by atoms with Gasteiger partial charge in [0.05, 0.1) is 6.61 Å². The number of carbonyl (C=O) groups excluding carboxylic acids is 1. The molecule has 10 heteroatoms. The predicted molar refractivity (Wildman–Crippen MR) is 98.9 cm³/mol. The van der Waals surface area contributed by atoms with E-state index in [-0.39, 0.29) is 18.1 Å². The Morgan fingerprint density at radius 1 is 1.23 bits per heavy atom. The maximum absolute atomic E-state index is 12.9. The van der Waals surface area contributed by atoms with Gasteiger partial charge in [0.25, 0.3) is 5.91 Å². The molecular formula is C20H17F3N4O3. The molecular weight excluding hydrogens is 401 g/mol. The van der Waals surface area contributed by atoms with Crippen molar-refractivity contribution in [2.45, 2.75) is 18.3 Å². The van der Waals surface area contributed by atoms with Gasteiger partial charge in [-0.2, -0.15) is 5.10 Å². The number of aryl methyl sites for hydroxylation is 1. The van der Waals surface area contributed by atoms with Crippen LogP contribution in [0.4, 0.5) is 13.2 Å². The first-order valence-electron chi connectivity index (χ1n) is 9.04. The second-order valence-corrected chi connectivity index (χ2v) is 6.75. The summed E-state index contributed by atoms with van der Waals surface area (Å²) in [6.45, 7) is 0.280. The lowest BCUT2D eigenvalue weighted by Crippen LogP contribution is -2.50.